The van der Waals surface area contributed by atoms with Crippen molar-refractivity contribution in [3.63, 3.8) is 0 Å². The Morgan fingerprint density at radius 2 is 1.14 bits per heavy atom. The third-order valence-corrected chi connectivity index (χ3v) is 8.81. The Balaban J connectivity index is 1.15. The summed E-state index contributed by atoms with van der Waals surface area (Å²) in [5, 5.41) is 11.3. The number of morpholine rings is 2. The number of nitrogens with zero attached hydrogens (tertiary/aromatic N) is 2. The van der Waals surface area contributed by atoms with Crippen LogP contribution in [0.2, 0.25) is 0 Å². The molecule has 0 atom stereocenters. The first-order valence-corrected chi connectivity index (χ1v) is 14.3. The first kappa shape index (κ1) is 26.0. The summed E-state index contributed by atoms with van der Waals surface area (Å²) in [6.45, 7) is 8.05. The number of benzene rings is 1. The molecule has 1 aromatic carbocycles. The van der Waals surface area contributed by atoms with Gasteiger partial charge in [0.2, 0.25) is 11.6 Å². The first-order chi connectivity index (χ1) is 18.1. The van der Waals surface area contributed by atoms with Crippen molar-refractivity contribution >= 4 is 0 Å². The van der Waals surface area contributed by atoms with Gasteiger partial charge in [0.1, 0.15) is 5.75 Å². The Morgan fingerprint density at radius 1 is 0.676 bits per heavy atom. The van der Waals surface area contributed by atoms with Gasteiger partial charge < -0.3 is 14.6 Å². The van der Waals surface area contributed by atoms with Crippen molar-refractivity contribution in [2.45, 2.75) is 88.4 Å². The lowest BCUT2D eigenvalue weighted by molar-refractivity contribution is -0.662. The molecule has 3 saturated heterocycles. The van der Waals surface area contributed by atoms with Crippen molar-refractivity contribution in [1.29, 1.82) is 0 Å². The van der Waals surface area contributed by atoms with Gasteiger partial charge in [0, 0.05) is 76.1 Å². The van der Waals surface area contributed by atoms with Crippen LogP contribution in [-0.2, 0) is 42.1 Å². The van der Waals surface area contributed by atoms with Gasteiger partial charge in [-0.05, 0) is 37.2 Å². The SMILES string of the molecule is Oc1c(CN2CCOCC2)cc(C2CCC3(CC2)OOC2(CCCCC2)OO3)cc1CN1CCOCC1. The van der Waals surface area contributed by atoms with E-state index in [9.17, 15) is 5.11 Å². The van der Waals surface area contributed by atoms with Crippen LogP contribution in [0.5, 0.6) is 5.75 Å². The second-order valence-electron chi connectivity index (χ2n) is 11.5. The Bertz CT molecular complexity index is 849. The normalized spacial score (nSPS) is 27.6. The van der Waals surface area contributed by atoms with Gasteiger partial charge in [-0.25, -0.2) is 0 Å². The summed E-state index contributed by atoms with van der Waals surface area (Å²) >= 11 is 0. The predicted molar refractivity (Wildman–Crippen MR) is 134 cm³/mol. The molecular formula is C28H42N2O7. The zero-order chi connectivity index (χ0) is 25.1. The molecule has 3 aliphatic heterocycles. The van der Waals surface area contributed by atoms with E-state index in [2.05, 4.69) is 21.9 Å². The summed E-state index contributed by atoms with van der Waals surface area (Å²) in [7, 11) is 0. The highest BCUT2D eigenvalue weighted by Gasteiger charge is 2.50. The van der Waals surface area contributed by atoms with Gasteiger partial charge in [-0.1, -0.05) is 18.6 Å². The van der Waals surface area contributed by atoms with Gasteiger partial charge in [0.05, 0.1) is 26.4 Å². The average Bonchev–Trinajstić information content (AvgIpc) is 2.95. The Kier molecular flexibility index (Phi) is 8.02. The van der Waals surface area contributed by atoms with Crippen molar-refractivity contribution < 1.29 is 34.1 Å². The van der Waals surface area contributed by atoms with Crippen LogP contribution in [0.25, 0.3) is 0 Å². The molecule has 2 saturated carbocycles. The summed E-state index contributed by atoms with van der Waals surface area (Å²) in [6.07, 6.45) is 8.24. The van der Waals surface area contributed by atoms with Gasteiger partial charge in [-0.15, -0.1) is 0 Å². The van der Waals surface area contributed by atoms with E-state index in [0.29, 0.717) is 24.5 Å². The molecule has 0 amide bonds. The van der Waals surface area contributed by atoms with Crippen LogP contribution < -0.4 is 0 Å². The fourth-order valence-corrected chi connectivity index (χ4v) is 6.41. The molecule has 0 radical (unpaired) electrons. The summed E-state index contributed by atoms with van der Waals surface area (Å²) in [5.74, 6) is -0.730. The van der Waals surface area contributed by atoms with Crippen LogP contribution in [0.4, 0.5) is 0 Å². The van der Waals surface area contributed by atoms with E-state index in [1.165, 1.54) is 12.0 Å². The number of phenols is 1. The van der Waals surface area contributed by atoms with E-state index in [4.69, 9.17) is 29.0 Å². The number of hydrogen-bond donors (Lipinski definition) is 1. The lowest BCUT2D eigenvalue weighted by Crippen LogP contribution is -2.52. The van der Waals surface area contributed by atoms with E-state index in [0.717, 1.165) is 115 Å². The topological polar surface area (TPSA) is 82.1 Å². The monoisotopic (exact) mass is 518 g/mol. The average molecular weight is 519 g/mol. The van der Waals surface area contributed by atoms with Crippen LogP contribution in [0.15, 0.2) is 12.1 Å². The van der Waals surface area contributed by atoms with E-state index in [1.54, 1.807) is 0 Å². The fourth-order valence-electron chi connectivity index (χ4n) is 6.41. The van der Waals surface area contributed by atoms with Gasteiger partial charge in [0.15, 0.2) is 0 Å². The molecule has 5 aliphatic rings. The van der Waals surface area contributed by atoms with E-state index in [1.807, 2.05) is 0 Å². The van der Waals surface area contributed by atoms with Crippen molar-refractivity contribution in [3.05, 3.63) is 28.8 Å². The van der Waals surface area contributed by atoms with E-state index >= 15 is 0 Å². The quantitative estimate of drug-likeness (QED) is 0.582. The maximum Gasteiger partial charge on any atom is 0.234 e. The van der Waals surface area contributed by atoms with Crippen molar-refractivity contribution in [3.8, 4) is 5.75 Å². The van der Waals surface area contributed by atoms with Crippen LogP contribution in [0.3, 0.4) is 0 Å². The Hall–Kier alpha value is -1.30. The number of aromatic hydroxyl groups is 1. The minimum Gasteiger partial charge on any atom is -0.507 e. The zero-order valence-corrected chi connectivity index (χ0v) is 22.0. The molecule has 1 N–H and O–H groups in total. The molecule has 37 heavy (non-hydrogen) atoms. The largest absolute Gasteiger partial charge is 0.507 e. The van der Waals surface area contributed by atoms with E-state index in [-0.39, 0.29) is 0 Å². The maximum atomic E-state index is 11.3. The first-order valence-electron chi connectivity index (χ1n) is 14.3. The van der Waals surface area contributed by atoms with Gasteiger partial charge in [0.25, 0.3) is 0 Å². The van der Waals surface area contributed by atoms with Gasteiger partial charge in [-0.2, -0.15) is 19.6 Å². The third-order valence-electron chi connectivity index (χ3n) is 8.81. The highest BCUT2D eigenvalue weighted by molar-refractivity contribution is 5.45. The van der Waals surface area contributed by atoms with Crippen LogP contribution in [-0.4, -0.2) is 79.1 Å². The van der Waals surface area contributed by atoms with Crippen molar-refractivity contribution in [1.82, 2.24) is 9.80 Å². The Labute approximate surface area is 219 Å². The molecule has 6 rings (SSSR count). The molecule has 5 fully saturated rings. The lowest BCUT2D eigenvalue weighted by Gasteiger charge is -2.46. The summed E-state index contributed by atoms with van der Waals surface area (Å²) in [5.41, 5.74) is 3.32. The molecule has 0 bridgehead atoms. The van der Waals surface area contributed by atoms with Gasteiger partial charge >= 0.3 is 0 Å². The molecule has 0 aromatic heterocycles. The number of ether oxygens (including phenoxy) is 2. The molecular weight excluding hydrogens is 476 g/mol. The molecule has 2 aliphatic carbocycles. The smallest absolute Gasteiger partial charge is 0.234 e. The molecule has 9 nitrogen and oxygen atoms in total. The summed E-state index contributed by atoms with van der Waals surface area (Å²) < 4.78 is 11.1. The molecule has 206 valence electrons. The second-order valence-corrected chi connectivity index (χ2v) is 11.5. The molecule has 0 unspecified atom stereocenters. The second kappa shape index (κ2) is 11.4. The number of phenolic OH excluding ortho intramolecular Hbond substituents is 1. The highest BCUT2D eigenvalue weighted by atomic mass is 17.4. The maximum absolute atomic E-state index is 11.3. The van der Waals surface area contributed by atoms with E-state index < -0.39 is 11.6 Å². The standard InChI is InChI=1S/C28H42N2O7/c31-26-24(20-29-10-14-32-15-11-29)18-23(19-25(26)21-30-12-16-33-17-13-30)22-4-8-28(9-5-22)36-34-27(35-37-28)6-2-1-3-7-27/h18-19,22,31H,1-17,20-21H2. The van der Waals surface area contributed by atoms with Gasteiger partial charge in [-0.3, -0.25) is 9.80 Å². The predicted octanol–water partition coefficient (Wildman–Crippen LogP) is 3.98. The number of hydrogen-bond acceptors (Lipinski definition) is 9. The lowest BCUT2D eigenvalue weighted by atomic mass is 9.80. The molecule has 2 spiro atoms. The molecule has 3 heterocycles. The Morgan fingerprint density at radius 3 is 1.62 bits per heavy atom. The molecule has 1 aromatic rings. The number of rotatable bonds is 5. The van der Waals surface area contributed by atoms with Crippen LogP contribution >= 0.6 is 0 Å². The molecule has 9 heteroatoms. The fraction of sp³-hybridized carbons (Fsp3) is 0.786. The van der Waals surface area contributed by atoms with Crippen molar-refractivity contribution in [2.75, 3.05) is 52.6 Å². The zero-order valence-electron chi connectivity index (χ0n) is 22.0. The summed E-state index contributed by atoms with van der Waals surface area (Å²) in [4.78, 5) is 28.3. The highest BCUT2D eigenvalue weighted by Crippen LogP contribution is 2.47. The van der Waals surface area contributed by atoms with Crippen molar-refractivity contribution in [2.24, 2.45) is 0 Å². The van der Waals surface area contributed by atoms with Crippen LogP contribution in [0, 0.1) is 0 Å². The summed E-state index contributed by atoms with van der Waals surface area (Å²) in [6, 6.07) is 4.45. The minimum atomic E-state index is -0.816. The van der Waals surface area contributed by atoms with Crippen LogP contribution in [0.1, 0.15) is 80.4 Å². The minimum absolute atomic E-state index is 0.371. The third kappa shape index (κ3) is 5.99.